The molecular formula is C11H17N5O3. The Labute approximate surface area is 110 Å². The Morgan fingerprint density at radius 2 is 2.42 bits per heavy atom. The van der Waals surface area contributed by atoms with E-state index < -0.39 is 0 Å². The van der Waals surface area contributed by atoms with Crippen molar-refractivity contribution in [2.45, 2.75) is 12.1 Å². The maximum Gasteiger partial charge on any atom is 0.276 e. The third-order valence-electron chi connectivity index (χ3n) is 3.56. The van der Waals surface area contributed by atoms with E-state index in [0.717, 1.165) is 13.1 Å². The Balaban J connectivity index is 1.73. The summed E-state index contributed by atoms with van der Waals surface area (Å²) in [7, 11) is 0. The molecule has 0 radical (unpaired) electrons. The number of hydrogen-bond donors (Lipinski definition) is 2. The predicted octanol–water partition coefficient (Wildman–Crippen LogP) is -1.74. The maximum atomic E-state index is 12.3. The molecular weight excluding hydrogens is 250 g/mol. The van der Waals surface area contributed by atoms with Gasteiger partial charge >= 0.3 is 0 Å². The second-order valence-electron chi connectivity index (χ2n) is 4.81. The fourth-order valence-corrected chi connectivity index (χ4v) is 2.23. The Morgan fingerprint density at radius 1 is 1.58 bits per heavy atom. The van der Waals surface area contributed by atoms with Crippen LogP contribution in [0.2, 0.25) is 0 Å². The molecule has 1 unspecified atom stereocenters. The molecule has 1 aromatic heterocycles. The van der Waals surface area contributed by atoms with Gasteiger partial charge < -0.3 is 20.1 Å². The van der Waals surface area contributed by atoms with Crippen LogP contribution in [0.5, 0.6) is 0 Å². The van der Waals surface area contributed by atoms with Gasteiger partial charge in [0, 0.05) is 19.6 Å². The van der Waals surface area contributed by atoms with Crippen LogP contribution in [0, 0.1) is 0 Å². The molecule has 104 valence electrons. The number of carbonyl (C=O) groups excluding carboxylic acids is 1. The van der Waals surface area contributed by atoms with Crippen LogP contribution in [0.3, 0.4) is 0 Å². The van der Waals surface area contributed by atoms with Gasteiger partial charge in [0.2, 0.25) is 0 Å². The lowest BCUT2D eigenvalue weighted by atomic mass is 10.2. The van der Waals surface area contributed by atoms with E-state index in [1.54, 1.807) is 15.8 Å². The number of rotatable bonds is 3. The normalized spacial score (nSPS) is 24.3. The zero-order chi connectivity index (χ0) is 13.2. The van der Waals surface area contributed by atoms with E-state index in [1.807, 2.05) is 0 Å². The first-order valence-electron chi connectivity index (χ1n) is 6.41. The molecule has 8 heteroatoms. The molecule has 2 aliphatic heterocycles. The van der Waals surface area contributed by atoms with Crippen molar-refractivity contribution in [3.63, 3.8) is 0 Å². The van der Waals surface area contributed by atoms with Gasteiger partial charge in [0.25, 0.3) is 5.91 Å². The summed E-state index contributed by atoms with van der Waals surface area (Å²) < 4.78 is 6.98. The summed E-state index contributed by atoms with van der Waals surface area (Å²) in [6.45, 7) is 2.93. The first-order valence-corrected chi connectivity index (χ1v) is 6.41. The molecule has 0 saturated carbocycles. The van der Waals surface area contributed by atoms with Crippen LogP contribution in [-0.2, 0) is 4.74 Å². The highest BCUT2D eigenvalue weighted by molar-refractivity contribution is 5.92. The molecule has 3 rings (SSSR count). The average Bonchev–Trinajstić information content (AvgIpc) is 2.85. The fourth-order valence-electron chi connectivity index (χ4n) is 2.23. The zero-order valence-corrected chi connectivity index (χ0v) is 10.5. The van der Waals surface area contributed by atoms with Gasteiger partial charge in [0.15, 0.2) is 5.69 Å². The Kier molecular flexibility index (Phi) is 3.45. The van der Waals surface area contributed by atoms with Crippen molar-refractivity contribution in [1.82, 2.24) is 25.2 Å². The molecule has 2 saturated heterocycles. The summed E-state index contributed by atoms with van der Waals surface area (Å²) in [6.07, 6.45) is 1.68. The quantitative estimate of drug-likeness (QED) is 0.675. The smallest absolute Gasteiger partial charge is 0.276 e. The largest absolute Gasteiger partial charge is 0.394 e. The van der Waals surface area contributed by atoms with Gasteiger partial charge in [-0.3, -0.25) is 4.79 Å². The second-order valence-corrected chi connectivity index (χ2v) is 4.81. The van der Waals surface area contributed by atoms with Crippen molar-refractivity contribution >= 4 is 5.91 Å². The number of carbonyl (C=O) groups is 1. The number of ether oxygens (including phenoxy) is 1. The number of hydrogen-bond acceptors (Lipinski definition) is 6. The van der Waals surface area contributed by atoms with Gasteiger partial charge in [0.1, 0.15) is 0 Å². The van der Waals surface area contributed by atoms with E-state index >= 15 is 0 Å². The van der Waals surface area contributed by atoms with Crippen LogP contribution >= 0.6 is 0 Å². The van der Waals surface area contributed by atoms with Gasteiger partial charge in [-0.05, 0) is 0 Å². The summed E-state index contributed by atoms with van der Waals surface area (Å²) in [6, 6.07) is -0.0100. The average molecular weight is 267 g/mol. The topological polar surface area (TPSA) is 92.5 Å². The minimum absolute atomic E-state index is 0.105. The third kappa shape index (κ3) is 2.34. The molecule has 3 heterocycles. The van der Waals surface area contributed by atoms with E-state index in [-0.39, 0.29) is 24.6 Å². The highest BCUT2D eigenvalue weighted by Gasteiger charge is 2.30. The van der Waals surface area contributed by atoms with Gasteiger partial charge in [0.05, 0.1) is 38.1 Å². The molecule has 2 aliphatic rings. The van der Waals surface area contributed by atoms with E-state index in [0.29, 0.717) is 25.5 Å². The lowest BCUT2D eigenvalue weighted by Gasteiger charge is -2.33. The Hall–Kier alpha value is -1.51. The van der Waals surface area contributed by atoms with Crippen molar-refractivity contribution in [3.05, 3.63) is 11.9 Å². The molecule has 0 aliphatic carbocycles. The SMILES string of the molecule is O=C(c1cn(C2CNC2)nn1)N1CCOCC1CO. The van der Waals surface area contributed by atoms with Crippen LogP contribution in [0.15, 0.2) is 6.20 Å². The Bertz CT molecular complexity index is 459. The number of nitrogens with one attached hydrogen (secondary N) is 1. The third-order valence-corrected chi connectivity index (χ3v) is 3.56. The number of amides is 1. The molecule has 1 aromatic rings. The minimum Gasteiger partial charge on any atom is -0.394 e. The van der Waals surface area contributed by atoms with E-state index in [2.05, 4.69) is 15.6 Å². The van der Waals surface area contributed by atoms with Crippen LogP contribution in [0.25, 0.3) is 0 Å². The van der Waals surface area contributed by atoms with E-state index in [9.17, 15) is 9.90 Å². The van der Waals surface area contributed by atoms with Gasteiger partial charge in [-0.2, -0.15) is 0 Å². The molecule has 2 fully saturated rings. The summed E-state index contributed by atoms with van der Waals surface area (Å²) in [5.41, 5.74) is 0.326. The van der Waals surface area contributed by atoms with Crippen LogP contribution < -0.4 is 5.32 Å². The fraction of sp³-hybridized carbons (Fsp3) is 0.727. The molecule has 1 amide bonds. The highest BCUT2D eigenvalue weighted by atomic mass is 16.5. The van der Waals surface area contributed by atoms with Gasteiger partial charge in [-0.15, -0.1) is 5.10 Å². The standard InChI is InChI=1S/C11H17N5O3/c17-6-9-7-19-2-1-15(9)11(18)10-5-16(14-13-10)8-3-12-4-8/h5,8-9,12,17H,1-4,6-7H2. The summed E-state index contributed by atoms with van der Waals surface area (Å²) in [5.74, 6) is -0.194. The maximum absolute atomic E-state index is 12.3. The summed E-state index contributed by atoms with van der Waals surface area (Å²) in [5, 5.41) is 20.3. The molecule has 0 aromatic carbocycles. The first-order chi connectivity index (χ1) is 9.29. The molecule has 1 atom stereocenters. The second kappa shape index (κ2) is 5.24. The molecule has 19 heavy (non-hydrogen) atoms. The van der Waals surface area contributed by atoms with Gasteiger partial charge in [-0.1, -0.05) is 5.21 Å². The van der Waals surface area contributed by atoms with Crippen molar-refractivity contribution in [2.24, 2.45) is 0 Å². The van der Waals surface area contributed by atoms with Crippen LogP contribution in [0.1, 0.15) is 16.5 Å². The van der Waals surface area contributed by atoms with Crippen molar-refractivity contribution in [1.29, 1.82) is 0 Å². The van der Waals surface area contributed by atoms with Gasteiger partial charge in [-0.25, -0.2) is 4.68 Å². The number of nitrogens with zero attached hydrogens (tertiary/aromatic N) is 4. The predicted molar refractivity (Wildman–Crippen MR) is 64.7 cm³/mol. The molecule has 8 nitrogen and oxygen atoms in total. The zero-order valence-electron chi connectivity index (χ0n) is 10.5. The lowest BCUT2D eigenvalue weighted by Crippen LogP contribution is -2.50. The Morgan fingerprint density at radius 3 is 3.11 bits per heavy atom. The van der Waals surface area contributed by atoms with Crippen LogP contribution in [-0.4, -0.2) is 76.4 Å². The minimum atomic E-state index is -0.295. The van der Waals surface area contributed by atoms with E-state index in [4.69, 9.17) is 4.74 Å². The van der Waals surface area contributed by atoms with Crippen molar-refractivity contribution < 1.29 is 14.6 Å². The number of aromatic nitrogens is 3. The number of aliphatic hydroxyl groups is 1. The molecule has 0 bridgehead atoms. The molecule has 0 spiro atoms. The summed E-state index contributed by atoms with van der Waals surface area (Å²) in [4.78, 5) is 13.9. The lowest BCUT2D eigenvalue weighted by molar-refractivity contribution is -0.0186. The first kappa shape index (κ1) is 12.5. The van der Waals surface area contributed by atoms with Crippen molar-refractivity contribution in [2.75, 3.05) is 39.5 Å². The number of aliphatic hydroxyl groups excluding tert-OH is 1. The van der Waals surface area contributed by atoms with Crippen molar-refractivity contribution in [3.8, 4) is 0 Å². The number of morpholine rings is 1. The highest BCUT2D eigenvalue weighted by Crippen LogP contribution is 2.13. The van der Waals surface area contributed by atoms with E-state index in [1.165, 1.54) is 0 Å². The monoisotopic (exact) mass is 267 g/mol. The summed E-state index contributed by atoms with van der Waals surface area (Å²) >= 11 is 0. The van der Waals surface area contributed by atoms with Crippen LogP contribution in [0.4, 0.5) is 0 Å². The molecule has 2 N–H and O–H groups in total.